The molecule has 29 heavy (non-hydrogen) atoms. The molecule has 1 amide bonds. The van der Waals surface area contributed by atoms with Crippen LogP contribution in [0, 0.1) is 5.92 Å². The van der Waals surface area contributed by atoms with E-state index in [2.05, 4.69) is 14.9 Å². The maximum Gasteiger partial charge on any atom is 0.228 e. The number of piperidine rings is 1. The highest BCUT2D eigenvalue weighted by molar-refractivity contribution is 5.80. The summed E-state index contributed by atoms with van der Waals surface area (Å²) in [6.07, 6.45) is 7.50. The van der Waals surface area contributed by atoms with Crippen LogP contribution in [0.4, 0.5) is 5.95 Å². The summed E-state index contributed by atoms with van der Waals surface area (Å²) in [5, 5.41) is 0. The van der Waals surface area contributed by atoms with Crippen LogP contribution in [-0.2, 0) is 11.3 Å². The van der Waals surface area contributed by atoms with Crippen molar-refractivity contribution in [3.63, 3.8) is 0 Å². The SMILES string of the molecule is COc1ccc(OC)c(CN(C(=O)C2CCCN(c3ncccn3)C2)C2CC2)c1. The molecule has 1 atom stereocenters. The monoisotopic (exact) mass is 396 g/mol. The fraction of sp³-hybridized carbons (Fsp3) is 0.500. The van der Waals surface area contributed by atoms with Gasteiger partial charge in [0.2, 0.25) is 11.9 Å². The van der Waals surface area contributed by atoms with E-state index in [0.29, 0.717) is 25.1 Å². The number of carbonyl (C=O) groups is 1. The van der Waals surface area contributed by atoms with Crippen molar-refractivity contribution in [3.8, 4) is 11.5 Å². The Morgan fingerprint density at radius 3 is 2.66 bits per heavy atom. The van der Waals surface area contributed by atoms with E-state index in [9.17, 15) is 4.79 Å². The Kier molecular flexibility index (Phi) is 5.83. The molecular weight excluding hydrogens is 368 g/mol. The number of rotatable bonds is 7. The molecule has 1 aromatic carbocycles. The van der Waals surface area contributed by atoms with Crippen LogP contribution in [0.25, 0.3) is 0 Å². The highest BCUT2D eigenvalue weighted by atomic mass is 16.5. The van der Waals surface area contributed by atoms with Gasteiger partial charge in [0.15, 0.2) is 0 Å². The summed E-state index contributed by atoms with van der Waals surface area (Å²) in [5.41, 5.74) is 0.978. The van der Waals surface area contributed by atoms with Crippen LogP contribution in [0.3, 0.4) is 0 Å². The van der Waals surface area contributed by atoms with Crippen LogP contribution in [-0.4, -0.2) is 54.1 Å². The number of nitrogens with zero attached hydrogens (tertiary/aromatic N) is 4. The van der Waals surface area contributed by atoms with E-state index in [4.69, 9.17) is 9.47 Å². The van der Waals surface area contributed by atoms with E-state index in [1.807, 2.05) is 29.2 Å². The number of benzene rings is 1. The summed E-state index contributed by atoms with van der Waals surface area (Å²) in [6, 6.07) is 7.88. The molecular formula is C22H28N4O3. The molecule has 2 fully saturated rings. The fourth-order valence-corrected chi connectivity index (χ4v) is 4.01. The first-order chi connectivity index (χ1) is 14.2. The van der Waals surface area contributed by atoms with E-state index < -0.39 is 0 Å². The van der Waals surface area contributed by atoms with E-state index in [0.717, 1.165) is 49.3 Å². The molecule has 7 nitrogen and oxygen atoms in total. The maximum atomic E-state index is 13.5. The zero-order valence-corrected chi connectivity index (χ0v) is 17.1. The number of carbonyl (C=O) groups excluding carboxylic acids is 1. The van der Waals surface area contributed by atoms with Crippen LogP contribution in [0.1, 0.15) is 31.2 Å². The lowest BCUT2D eigenvalue weighted by Gasteiger charge is -2.35. The van der Waals surface area contributed by atoms with Crippen molar-refractivity contribution in [1.82, 2.24) is 14.9 Å². The third kappa shape index (κ3) is 4.44. The first-order valence-corrected chi connectivity index (χ1v) is 10.2. The summed E-state index contributed by atoms with van der Waals surface area (Å²) in [5.74, 6) is 2.45. The first-order valence-electron chi connectivity index (χ1n) is 10.2. The largest absolute Gasteiger partial charge is 0.497 e. The van der Waals surface area contributed by atoms with Crippen molar-refractivity contribution in [2.75, 3.05) is 32.2 Å². The zero-order valence-electron chi connectivity index (χ0n) is 17.1. The van der Waals surface area contributed by atoms with Gasteiger partial charge in [0.05, 0.1) is 20.1 Å². The molecule has 1 saturated carbocycles. The van der Waals surface area contributed by atoms with Crippen molar-refractivity contribution in [3.05, 3.63) is 42.2 Å². The zero-order chi connectivity index (χ0) is 20.2. The Morgan fingerprint density at radius 1 is 1.17 bits per heavy atom. The smallest absolute Gasteiger partial charge is 0.228 e. The maximum absolute atomic E-state index is 13.5. The van der Waals surface area contributed by atoms with Gasteiger partial charge in [-0.15, -0.1) is 0 Å². The Morgan fingerprint density at radius 2 is 1.97 bits per heavy atom. The Labute approximate surface area is 171 Å². The number of hydrogen-bond acceptors (Lipinski definition) is 6. The third-order valence-corrected chi connectivity index (χ3v) is 5.70. The molecule has 154 valence electrons. The van der Waals surface area contributed by atoms with Crippen molar-refractivity contribution >= 4 is 11.9 Å². The van der Waals surface area contributed by atoms with Gasteiger partial charge in [-0.1, -0.05) is 0 Å². The molecule has 1 saturated heterocycles. The molecule has 2 heterocycles. The van der Waals surface area contributed by atoms with Gasteiger partial charge in [-0.05, 0) is 49.9 Å². The molecule has 1 aromatic heterocycles. The van der Waals surface area contributed by atoms with Gasteiger partial charge in [-0.3, -0.25) is 4.79 Å². The Hall–Kier alpha value is -2.83. The number of methoxy groups -OCH3 is 2. The van der Waals surface area contributed by atoms with Gasteiger partial charge in [-0.2, -0.15) is 0 Å². The summed E-state index contributed by atoms with van der Waals surface area (Å²) < 4.78 is 10.9. The van der Waals surface area contributed by atoms with Crippen LogP contribution in [0.15, 0.2) is 36.7 Å². The van der Waals surface area contributed by atoms with Gasteiger partial charge in [0, 0.05) is 43.6 Å². The minimum atomic E-state index is -0.0373. The first kappa shape index (κ1) is 19.5. The van der Waals surface area contributed by atoms with Crippen molar-refractivity contribution in [2.24, 2.45) is 5.92 Å². The normalized spacial score (nSPS) is 19.0. The summed E-state index contributed by atoms with van der Waals surface area (Å²) >= 11 is 0. The molecule has 0 N–H and O–H groups in total. The average molecular weight is 396 g/mol. The topological polar surface area (TPSA) is 67.8 Å². The van der Waals surface area contributed by atoms with E-state index in [1.165, 1.54) is 0 Å². The molecule has 2 aliphatic rings. The molecule has 7 heteroatoms. The van der Waals surface area contributed by atoms with E-state index >= 15 is 0 Å². The number of amides is 1. The van der Waals surface area contributed by atoms with Gasteiger partial charge in [0.25, 0.3) is 0 Å². The van der Waals surface area contributed by atoms with Crippen molar-refractivity contribution < 1.29 is 14.3 Å². The van der Waals surface area contributed by atoms with E-state index in [-0.39, 0.29) is 11.8 Å². The predicted octanol–water partition coefficient (Wildman–Crippen LogP) is 2.90. The standard InChI is InChI=1S/C22H28N4O3/c1-28-19-8-9-20(29-2)17(13-19)15-26(18-6-7-18)21(27)16-5-3-12-25(14-16)22-23-10-4-11-24-22/h4,8-11,13,16,18H,3,5-7,12,14-15H2,1-2H3. The second-order valence-corrected chi connectivity index (χ2v) is 7.71. The lowest BCUT2D eigenvalue weighted by Crippen LogP contribution is -2.46. The van der Waals surface area contributed by atoms with Gasteiger partial charge in [-0.25, -0.2) is 9.97 Å². The quantitative estimate of drug-likeness (QED) is 0.717. The number of hydrogen-bond donors (Lipinski definition) is 0. The fourth-order valence-electron chi connectivity index (χ4n) is 4.01. The highest BCUT2D eigenvalue weighted by Crippen LogP contribution is 2.34. The second kappa shape index (κ2) is 8.68. The van der Waals surface area contributed by atoms with Gasteiger partial charge in [0.1, 0.15) is 11.5 Å². The second-order valence-electron chi connectivity index (χ2n) is 7.71. The molecule has 2 aromatic rings. The lowest BCUT2D eigenvalue weighted by atomic mass is 9.96. The van der Waals surface area contributed by atoms with Crippen LogP contribution in [0.5, 0.6) is 11.5 Å². The van der Waals surface area contributed by atoms with Gasteiger partial charge < -0.3 is 19.3 Å². The highest BCUT2D eigenvalue weighted by Gasteiger charge is 2.38. The third-order valence-electron chi connectivity index (χ3n) is 5.70. The minimum absolute atomic E-state index is 0.0373. The summed E-state index contributed by atoms with van der Waals surface area (Å²) in [7, 11) is 3.31. The van der Waals surface area contributed by atoms with Crippen LogP contribution < -0.4 is 14.4 Å². The molecule has 0 spiro atoms. The van der Waals surface area contributed by atoms with Crippen LogP contribution >= 0.6 is 0 Å². The van der Waals surface area contributed by atoms with Crippen molar-refractivity contribution in [1.29, 1.82) is 0 Å². The minimum Gasteiger partial charge on any atom is -0.497 e. The van der Waals surface area contributed by atoms with Crippen molar-refractivity contribution in [2.45, 2.75) is 38.3 Å². The molecule has 0 bridgehead atoms. The summed E-state index contributed by atoms with van der Waals surface area (Å²) in [6.45, 7) is 2.10. The number of anilines is 1. The lowest BCUT2D eigenvalue weighted by molar-refractivity contribution is -0.137. The average Bonchev–Trinajstić information content (AvgIpc) is 3.63. The predicted molar refractivity (Wildman–Crippen MR) is 110 cm³/mol. The molecule has 1 unspecified atom stereocenters. The Bertz CT molecular complexity index is 841. The number of aromatic nitrogens is 2. The van der Waals surface area contributed by atoms with E-state index in [1.54, 1.807) is 26.6 Å². The van der Waals surface area contributed by atoms with Crippen LogP contribution in [0.2, 0.25) is 0 Å². The molecule has 1 aliphatic carbocycles. The molecule has 0 radical (unpaired) electrons. The summed E-state index contributed by atoms with van der Waals surface area (Å²) in [4.78, 5) is 26.4. The number of ether oxygens (including phenoxy) is 2. The molecule has 4 rings (SSSR count). The molecule has 1 aliphatic heterocycles. The van der Waals surface area contributed by atoms with Gasteiger partial charge >= 0.3 is 0 Å². The Balaban J connectivity index is 1.51.